The third-order valence-electron chi connectivity index (χ3n) is 3.91. The lowest BCUT2D eigenvalue weighted by molar-refractivity contribution is -0.428. The molecule has 2 unspecified atom stereocenters. The van der Waals surface area contributed by atoms with Crippen LogP contribution in [0.25, 0.3) is 0 Å². The molecule has 124 valence electrons. The zero-order chi connectivity index (χ0) is 16.6. The number of amides is 2. The smallest absolute Gasteiger partial charge is 0.265 e. The molecule has 8 heteroatoms. The molecule has 0 bridgehead atoms. The normalized spacial score (nSPS) is 23.2. The second-order valence-corrected chi connectivity index (χ2v) is 5.49. The highest BCUT2D eigenvalue weighted by atomic mass is 17.0. The zero-order valence-corrected chi connectivity index (χ0v) is 13.0. The Morgan fingerprint density at radius 2 is 2.17 bits per heavy atom. The Kier molecular flexibility index (Phi) is 4.31. The molecule has 2 aliphatic heterocycles. The Morgan fingerprint density at radius 3 is 2.87 bits per heavy atom. The SMILES string of the molecule is COC(C)CN1OCCC(N2C(=O)c3cccc(N)c3C2=O)O1. The summed E-state index contributed by atoms with van der Waals surface area (Å²) in [4.78, 5) is 37.2. The van der Waals surface area contributed by atoms with E-state index in [1.54, 1.807) is 25.3 Å². The number of methoxy groups -OCH3 is 1. The summed E-state index contributed by atoms with van der Waals surface area (Å²) in [5.74, 6) is -0.835. The van der Waals surface area contributed by atoms with Gasteiger partial charge in [0.25, 0.3) is 11.8 Å². The first-order valence-electron chi connectivity index (χ1n) is 7.39. The van der Waals surface area contributed by atoms with Crippen LogP contribution in [0.3, 0.4) is 0 Å². The van der Waals surface area contributed by atoms with Crippen LogP contribution < -0.4 is 5.73 Å². The van der Waals surface area contributed by atoms with Gasteiger partial charge in [0, 0.05) is 19.2 Å². The summed E-state index contributed by atoms with van der Waals surface area (Å²) >= 11 is 0. The van der Waals surface area contributed by atoms with Crippen molar-refractivity contribution >= 4 is 17.5 Å². The van der Waals surface area contributed by atoms with Crippen LogP contribution in [0.2, 0.25) is 0 Å². The van der Waals surface area contributed by atoms with E-state index in [0.717, 1.165) is 4.90 Å². The first-order valence-corrected chi connectivity index (χ1v) is 7.39. The van der Waals surface area contributed by atoms with Crippen LogP contribution in [0.15, 0.2) is 18.2 Å². The van der Waals surface area contributed by atoms with Gasteiger partial charge in [-0.05, 0) is 19.1 Å². The van der Waals surface area contributed by atoms with Crippen molar-refractivity contribution in [3.05, 3.63) is 29.3 Å². The van der Waals surface area contributed by atoms with E-state index in [9.17, 15) is 9.59 Å². The quantitative estimate of drug-likeness (QED) is 0.647. The number of rotatable bonds is 4. The molecule has 1 aromatic rings. The second-order valence-electron chi connectivity index (χ2n) is 5.49. The van der Waals surface area contributed by atoms with Gasteiger partial charge in [-0.3, -0.25) is 14.4 Å². The van der Waals surface area contributed by atoms with Crippen molar-refractivity contribution in [1.82, 2.24) is 10.1 Å². The molecular formula is C15H19N3O5. The minimum Gasteiger partial charge on any atom is -0.398 e. The molecule has 0 aromatic heterocycles. The third kappa shape index (κ3) is 2.81. The maximum atomic E-state index is 12.6. The number of nitrogen functional groups attached to an aromatic ring is 1. The predicted molar refractivity (Wildman–Crippen MR) is 80.0 cm³/mol. The fourth-order valence-corrected chi connectivity index (χ4v) is 2.62. The maximum Gasteiger partial charge on any atom is 0.265 e. The van der Waals surface area contributed by atoms with Gasteiger partial charge in [0.15, 0.2) is 6.23 Å². The number of imide groups is 1. The van der Waals surface area contributed by atoms with Gasteiger partial charge < -0.3 is 10.5 Å². The number of nitrogens with two attached hydrogens (primary N) is 1. The molecule has 1 fully saturated rings. The molecule has 2 atom stereocenters. The van der Waals surface area contributed by atoms with Crippen molar-refractivity contribution in [2.45, 2.75) is 25.7 Å². The lowest BCUT2D eigenvalue weighted by Gasteiger charge is -2.35. The summed E-state index contributed by atoms with van der Waals surface area (Å²) in [5, 5.41) is 1.26. The number of carbonyl (C=O) groups is 2. The highest BCUT2D eigenvalue weighted by Crippen LogP contribution is 2.31. The van der Waals surface area contributed by atoms with Crippen LogP contribution in [0.4, 0.5) is 5.69 Å². The average Bonchev–Trinajstić information content (AvgIpc) is 2.80. The number of anilines is 1. The van der Waals surface area contributed by atoms with E-state index >= 15 is 0 Å². The Labute approximate surface area is 133 Å². The molecule has 0 radical (unpaired) electrons. The molecular weight excluding hydrogens is 302 g/mol. The molecule has 1 aromatic carbocycles. The minimum atomic E-state index is -0.723. The van der Waals surface area contributed by atoms with Gasteiger partial charge in [0.1, 0.15) is 0 Å². The van der Waals surface area contributed by atoms with Gasteiger partial charge in [-0.15, -0.1) is 0 Å². The largest absolute Gasteiger partial charge is 0.398 e. The monoisotopic (exact) mass is 321 g/mol. The van der Waals surface area contributed by atoms with Crippen molar-refractivity contribution in [1.29, 1.82) is 0 Å². The number of benzene rings is 1. The van der Waals surface area contributed by atoms with E-state index in [1.807, 2.05) is 6.92 Å². The molecule has 0 saturated carbocycles. The lowest BCUT2D eigenvalue weighted by atomic mass is 10.1. The first-order chi connectivity index (χ1) is 11.0. The molecule has 2 amide bonds. The molecule has 23 heavy (non-hydrogen) atoms. The van der Waals surface area contributed by atoms with Crippen molar-refractivity contribution in [3.63, 3.8) is 0 Å². The van der Waals surface area contributed by atoms with E-state index < -0.39 is 18.0 Å². The minimum absolute atomic E-state index is 0.119. The Balaban J connectivity index is 1.79. The van der Waals surface area contributed by atoms with Gasteiger partial charge in [-0.1, -0.05) is 11.3 Å². The van der Waals surface area contributed by atoms with Gasteiger partial charge in [-0.2, -0.15) is 0 Å². The van der Waals surface area contributed by atoms with Crippen LogP contribution in [0.1, 0.15) is 34.1 Å². The summed E-state index contributed by atoms with van der Waals surface area (Å²) in [6.07, 6.45) is -0.449. The van der Waals surface area contributed by atoms with E-state index in [4.69, 9.17) is 20.1 Å². The van der Waals surface area contributed by atoms with Crippen LogP contribution in [-0.4, -0.2) is 54.5 Å². The number of hydroxylamine groups is 2. The van der Waals surface area contributed by atoms with Gasteiger partial charge in [0.05, 0.1) is 30.4 Å². The van der Waals surface area contributed by atoms with E-state index in [1.165, 1.54) is 5.23 Å². The molecule has 2 heterocycles. The number of ether oxygens (including phenoxy) is 1. The number of hydrogen-bond acceptors (Lipinski definition) is 7. The third-order valence-corrected chi connectivity index (χ3v) is 3.91. The summed E-state index contributed by atoms with van der Waals surface area (Å²) in [6, 6.07) is 4.85. The fourth-order valence-electron chi connectivity index (χ4n) is 2.62. The summed E-state index contributed by atoms with van der Waals surface area (Å²) < 4.78 is 5.16. The van der Waals surface area contributed by atoms with E-state index in [2.05, 4.69) is 0 Å². The van der Waals surface area contributed by atoms with Crippen molar-refractivity contribution in [3.8, 4) is 0 Å². The van der Waals surface area contributed by atoms with E-state index in [-0.39, 0.29) is 11.7 Å². The van der Waals surface area contributed by atoms with Crippen LogP contribution in [-0.2, 0) is 14.4 Å². The second kappa shape index (κ2) is 6.25. The summed E-state index contributed by atoms with van der Waals surface area (Å²) in [6.45, 7) is 2.56. The molecule has 8 nitrogen and oxygen atoms in total. The highest BCUT2D eigenvalue weighted by molar-refractivity contribution is 6.23. The number of carbonyl (C=O) groups excluding carboxylic acids is 2. The predicted octanol–water partition coefficient (Wildman–Crippen LogP) is 0.795. The fraction of sp³-hybridized carbons (Fsp3) is 0.467. The van der Waals surface area contributed by atoms with Gasteiger partial charge in [-0.25, -0.2) is 9.74 Å². The topological polar surface area (TPSA) is 94.3 Å². The zero-order valence-electron chi connectivity index (χ0n) is 13.0. The van der Waals surface area contributed by atoms with Crippen LogP contribution in [0, 0.1) is 0 Å². The maximum absolute atomic E-state index is 12.6. The number of fused-ring (bicyclic) bond motifs is 1. The Bertz CT molecular complexity index is 636. The summed E-state index contributed by atoms with van der Waals surface area (Å²) in [5.41, 5.74) is 6.67. The lowest BCUT2D eigenvalue weighted by Crippen LogP contribution is -2.50. The number of hydrogen-bond donors (Lipinski definition) is 1. The van der Waals surface area contributed by atoms with Gasteiger partial charge in [0.2, 0.25) is 0 Å². The van der Waals surface area contributed by atoms with E-state index in [0.29, 0.717) is 30.8 Å². The molecule has 2 aliphatic rings. The standard InChI is InChI=1S/C15H19N3O5/c1-9(21-2)8-17-22-7-6-12(23-17)18-14(19)10-4-3-5-11(16)13(10)15(18)20/h3-5,9,12H,6-8,16H2,1-2H3. The van der Waals surface area contributed by atoms with Crippen LogP contribution in [0.5, 0.6) is 0 Å². The van der Waals surface area contributed by atoms with Crippen LogP contribution >= 0.6 is 0 Å². The Hall–Kier alpha value is -2.00. The number of nitrogens with zero attached hydrogens (tertiary/aromatic N) is 2. The molecule has 0 spiro atoms. The first kappa shape index (κ1) is 15.9. The molecule has 0 aliphatic carbocycles. The van der Waals surface area contributed by atoms with Crippen molar-refractivity contribution in [2.75, 3.05) is 26.0 Å². The molecule has 2 N–H and O–H groups in total. The Morgan fingerprint density at radius 1 is 1.39 bits per heavy atom. The van der Waals surface area contributed by atoms with Crippen molar-refractivity contribution in [2.24, 2.45) is 0 Å². The average molecular weight is 321 g/mol. The summed E-state index contributed by atoms with van der Waals surface area (Å²) in [7, 11) is 1.58. The van der Waals surface area contributed by atoms with Crippen molar-refractivity contribution < 1.29 is 24.0 Å². The molecule has 3 rings (SSSR count). The van der Waals surface area contributed by atoms with Gasteiger partial charge >= 0.3 is 0 Å². The highest BCUT2D eigenvalue weighted by Gasteiger charge is 2.43. The molecule has 1 saturated heterocycles.